The van der Waals surface area contributed by atoms with Crippen molar-refractivity contribution in [3.63, 3.8) is 0 Å². The van der Waals surface area contributed by atoms with Crippen LogP contribution < -0.4 is 10.6 Å². The van der Waals surface area contributed by atoms with Gasteiger partial charge in [0.2, 0.25) is 5.63 Å². The van der Waals surface area contributed by atoms with Crippen LogP contribution in [-0.4, -0.2) is 27.0 Å². The van der Waals surface area contributed by atoms with Gasteiger partial charge in [-0.1, -0.05) is 52.5 Å². The molecule has 29 heavy (non-hydrogen) atoms. The summed E-state index contributed by atoms with van der Waals surface area (Å²) < 4.78 is 52.0. The SMILES string of the molecule is O=C(NC(=O)c1c(Cl)cccc1Cl)Nc1ccc(Cl)c(S(=O)C(F)(F)C(F)Cl)c1. The predicted octanol–water partition coefficient (Wildman–Crippen LogP) is 5.84. The number of rotatable bonds is 5. The first-order valence-corrected chi connectivity index (χ1v) is 10.1. The molecule has 0 saturated carbocycles. The van der Waals surface area contributed by atoms with E-state index in [1.165, 1.54) is 24.3 Å². The van der Waals surface area contributed by atoms with E-state index in [1.54, 1.807) is 0 Å². The van der Waals surface area contributed by atoms with Gasteiger partial charge in [-0.05, 0) is 30.3 Å². The van der Waals surface area contributed by atoms with Crippen molar-refractivity contribution >= 4 is 74.8 Å². The third kappa shape index (κ3) is 5.55. The lowest BCUT2D eigenvalue weighted by atomic mass is 10.2. The summed E-state index contributed by atoms with van der Waals surface area (Å²) in [5.74, 6) is -0.926. The molecule has 0 saturated heterocycles. The summed E-state index contributed by atoms with van der Waals surface area (Å²) in [6, 6.07) is 6.26. The Bertz CT molecular complexity index is 972. The van der Waals surface area contributed by atoms with Crippen molar-refractivity contribution in [1.29, 1.82) is 0 Å². The Labute approximate surface area is 184 Å². The normalized spacial score (nSPS) is 13.5. The van der Waals surface area contributed by atoms with Gasteiger partial charge < -0.3 is 5.32 Å². The van der Waals surface area contributed by atoms with Gasteiger partial charge in [0.1, 0.15) is 10.8 Å². The molecule has 0 bridgehead atoms. The molecule has 2 unspecified atom stereocenters. The number of alkyl halides is 4. The van der Waals surface area contributed by atoms with E-state index in [-0.39, 0.29) is 26.3 Å². The number of anilines is 1. The fourth-order valence-electron chi connectivity index (χ4n) is 1.99. The molecule has 156 valence electrons. The Morgan fingerprint density at radius 3 is 2.17 bits per heavy atom. The fourth-order valence-corrected chi connectivity index (χ4v) is 4.07. The van der Waals surface area contributed by atoms with E-state index in [9.17, 15) is 27.0 Å². The highest BCUT2D eigenvalue weighted by atomic mass is 35.5. The molecule has 0 fully saturated rings. The minimum atomic E-state index is -4.43. The Morgan fingerprint density at radius 1 is 1.03 bits per heavy atom. The minimum Gasteiger partial charge on any atom is -0.308 e. The van der Waals surface area contributed by atoms with Crippen molar-refractivity contribution in [3.8, 4) is 0 Å². The number of halogens is 7. The average molecular weight is 508 g/mol. The van der Waals surface area contributed by atoms with Crippen LogP contribution >= 0.6 is 46.4 Å². The van der Waals surface area contributed by atoms with Crippen LogP contribution in [0.3, 0.4) is 0 Å². The van der Waals surface area contributed by atoms with Gasteiger partial charge in [-0.25, -0.2) is 13.4 Å². The monoisotopic (exact) mass is 506 g/mol. The van der Waals surface area contributed by atoms with Crippen molar-refractivity contribution in [2.45, 2.75) is 15.8 Å². The van der Waals surface area contributed by atoms with Crippen LogP contribution in [0.1, 0.15) is 10.4 Å². The standard InChI is InChI=1S/C16H9Cl4F3N2O3S/c17-8-5-4-7(6-11(8)29(28)16(22,23)14(20)21)24-15(27)25-13(26)12-9(18)2-1-3-10(12)19/h1-6,14H,(H2,24,25,26,27). The molecule has 0 aliphatic rings. The van der Waals surface area contributed by atoms with Gasteiger partial charge in [0.15, 0.2) is 0 Å². The molecule has 3 amide bonds. The van der Waals surface area contributed by atoms with Crippen molar-refractivity contribution < 1.29 is 27.0 Å². The molecule has 2 atom stereocenters. The third-order valence-corrected chi connectivity index (χ3v) is 6.22. The molecule has 2 aromatic rings. The minimum absolute atomic E-state index is 0.00365. The van der Waals surface area contributed by atoms with Gasteiger partial charge >= 0.3 is 11.3 Å². The number of amides is 3. The molecule has 0 spiro atoms. The largest absolute Gasteiger partial charge is 0.369 e. The van der Waals surface area contributed by atoms with Crippen LogP contribution in [0.2, 0.25) is 15.1 Å². The number of benzene rings is 2. The summed E-state index contributed by atoms with van der Waals surface area (Å²) in [6.45, 7) is 0. The highest BCUT2D eigenvalue weighted by Crippen LogP contribution is 2.36. The van der Waals surface area contributed by atoms with Crippen LogP contribution in [0, 0.1) is 0 Å². The maximum absolute atomic E-state index is 13.6. The summed E-state index contributed by atoms with van der Waals surface area (Å²) in [7, 11) is -3.25. The summed E-state index contributed by atoms with van der Waals surface area (Å²) in [4.78, 5) is 23.5. The number of hydrogen-bond donors (Lipinski definition) is 2. The molecule has 0 aliphatic carbocycles. The van der Waals surface area contributed by atoms with Crippen molar-refractivity contribution in [2.75, 3.05) is 5.32 Å². The summed E-state index contributed by atoms with van der Waals surface area (Å²) in [5, 5.41) is -0.700. The van der Waals surface area contributed by atoms with Gasteiger partial charge in [0.05, 0.1) is 25.5 Å². The summed E-state index contributed by atoms with van der Waals surface area (Å²) in [6.07, 6.45) is 0. The molecule has 0 heterocycles. The smallest absolute Gasteiger partial charge is 0.308 e. The van der Waals surface area contributed by atoms with Crippen LogP contribution in [0.25, 0.3) is 0 Å². The number of urea groups is 1. The van der Waals surface area contributed by atoms with Crippen LogP contribution in [0.15, 0.2) is 41.3 Å². The zero-order valence-electron chi connectivity index (χ0n) is 13.8. The van der Waals surface area contributed by atoms with Gasteiger partial charge in [-0.15, -0.1) is 0 Å². The van der Waals surface area contributed by atoms with Gasteiger partial charge in [0.25, 0.3) is 5.91 Å². The Morgan fingerprint density at radius 2 is 1.62 bits per heavy atom. The molecule has 13 heteroatoms. The first-order valence-electron chi connectivity index (χ1n) is 7.39. The zero-order valence-corrected chi connectivity index (χ0v) is 17.7. The first-order chi connectivity index (χ1) is 13.4. The van der Waals surface area contributed by atoms with Crippen molar-refractivity contribution in [2.24, 2.45) is 0 Å². The maximum atomic E-state index is 13.6. The number of carbonyl (C=O) groups excluding carboxylic acids is 2. The van der Waals surface area contributed by atoms with E-state index < -0.39 is 38.5 Å². The number of hydrogen-bond acceptors (Lipinski definition) is 3. The molecule has 0 aliphatic heterocycles. The van der Waals surface area contributed by atoms with Gasteiger partial charge in [0, 0.05) is 5.69 Å². The van der Waals surface area contributed by atoms with Crippen LogP contribution in [0.5, 0.6) is 0 Å². The Hall–Kier alpha value is -1.52. The fraction of sp³-hybridized carbons (Fsp3) is 0.125. The molecule has 2 rings (SSSR count). The number of nitrogens with one attached hydrogen (secondary N) is 2. The second-order valence-corrected chi connectivity index (χ2v) is 8.41. The summed E-state index contributed by atoms with van der Waals surface area (Å²) >= 11 is 22.2. The lowest BCUT2D eigenvalue weighted by molar-refractivity contribution is 0.0479. The molecular formula is C16H9Cl4F3N2O3S. The van der Waals surface area contributed by atoms with E-state index in [4.69, 9.17) is 46.4 Å². The molecule has 2 aromatic carbocycles. The number of carbonyl (C=O) groups is 2. The van der Waals surface area contributed by atoms with E-state index in [0.717, 1.165) is 12.1 Å². The highest BCUT2D eigenvalue weighted by Gasteiger charge is 2.47. The lowest BCUT2D eigenvalue weighted by Crippen LogP contribution is -2.35. The van der Waals surface area contributed by atoms with E-state index in [1.807, 2.05) is 5.32 Å². The molecule has 2 N–H and O–H groups in total. The van der Waals surface area contributed by atoms with Gasteiger partial charge in [-0.2, -0.15) is 8.78 Å². The maximum Gasteiger partial charge on any atom is 0.369 e. The zero-order chi connectivity index (χ0) is 21.9. The third-order valence-electron chi connectivity index (χ3n) is 3.31. The van der Waals surface area contributed by atoms with Crippen molar-refractivity contribution in [1.82, 2.24) is 5.32 Å². The van der Waals surface area contributed by atoms with E-state index in [0.29, 0.717) is 0 Å². The van der Waals surface area contributed by atoms with E-state index >= 15 is 0 Å². The summed E-state index contributed by atoms with van der Waals surface area (Å²) in [5.41, 5.74) is -3.54. The van der Waals surface area contributed by atoms with Crippen LogP contribution in [-0.2, 0) is 10.8 Å². The highest BCUT2D eigenvalue weighted by molar-refractivity contribution is 7.86. The van der Waals surface area contributed by atoms with Crippen molar-refractivity contribution in [3.05, 3.63) is 57.0 Å². The Kier molecular flexibility index (Phi) is 7.80. The average Bonchev–Trinajstić information content (AvgIpc) is 2.62. The quantitative estimate of drug-likeness (QED) is 0.499. The Balaban J connectivity index is 2.19. The molecule has 5 nitrogen and oxygen atoms in total. The topological polar surface area (TPSA) is 75.3 Å². The van der Waals surface area contributed by atoms with Gasteiger partial charge in [-0.3, -0.25) is 10.1 Å². The van der Waals surface area contributed by atoms with Crippen LogP contribution in [0.4, 0.5) is 23.7 Å². The first kappa shape index (κ1) is 23.8. The molecule has 0 aromatic heterocycles. The second kappa shape index (κ2) is 9.53. The second-order valence-electron chi connectivity index (χ2n) is 5.28. The van der Waals surface area contributed by atoms with E-state index in [2.05, 4.69) is 5.32 Å². The molecular weight excluding hydrogens is 499 g/mol. The predicted molar refractivity (Wildman–Crippen MR) is 107 cm³/mol. The molecule has 0 radical (unpaired) electrons. The lowest BCUT2D eigenvalue weighted by Gasteiger charge is -2.17. The number of imide groups is 1.